The number of benzene rings is 7. The third-order valence-electron chi connectivity index (χ3n) is 10.0. The fraction of sp³-hybridized carbons (Fsp3) is 0. The van der Waals surface area contributed by atoms with E-state index < -0.39 is 0 Å². The molecule has 0 radical (unpaired) electrons. The maximum atomic E-state index is 5.23. The summed E-state index contributed by atoms with van der Waals surface area (Å²) in [5.74, 6) is 0.731. The van der Waals surface area contributed by atoms with Crippen LogP contribution < -0.4 is 0 Å². The molecule has 4 heterocycles. The van der Waals surface area contributed by atoms with Crippen molar-refractivity contribution in [3.63, 3.8) is 0 Å². The van der Waals surface area contributed by atoms with E-state index in [4.69, 9.17) is 9.97 Å². The number of thiophene rings is 2. The molecule has 0 saturated carbocycles. The molecule has 11 rings (SSSR count). The maximum absolute atomic E-state index is 5.23. The summed E-state index contributed by atoms with van der Waals surface area (Å²) in [5.41, 5.74) is 8.63. The Bertz CT molecular complexity index is 3080. The Morgan fingerprint density at radius 2 is 1.08 bits per heavy atom. The fourth-order valence-corrected chi connectivity index (χ4v) is 10.1. The van der Waals surface area contributed by atoms with Gasteiger partial charge in [0, 0.05) is 68.8 Å². The lowest BCUT2D eigenvalue weighted by molar-refractivity contribution is 1.19. The molecule has 7 aromatic carbocycles. The third-order valence-corrected chi connectivity index (χ3v) is 12.4. The van der Waals surface area contributed by atoms with Crippen LogP contribution in [0.5, 0.6) is 0 Å². The van der Waals surface area contributed by atoms with Crippen molar-refractivity contribution in [2.24, 2.45) is 0 Å². The smallest absolute Gasteiger partial charge is 0.161 e. The lowest BCUT2D eigenvalue weighted by Crippen LogP contribution is -1.96. The van der Waals surface area contributed by atoms with Crippen LogP contribution in [0.15, 0.2) is 164 Å². The van der Waals surface area contributed by atoms with Crippen molar-refractivity contribution >= 4 is 84.8 Å². The van der Waals surface area contributed by atoms with Crippen LogP contribution in [0, 0.1) is 0 Å². The molecule has 4 aromatic heterocycles. The van der Waals surface area contributed by atoms with Gasteiger partial charge in [-0.05, 0) is 42.5 Å². The molecule has 0 spiro atoms. The molecular weight excluding hydrogens is 659 g/mol. The van der Waals surface area contributed by atoms with Gasteiger partial charge in [-0.15, -0.1) is 22.7 Å². The van der Waals surface area contributed by atoms with Crippen LogP contribution in [-0.2, 0) is 0 Å². The van der Waals surface area contributed by atoms with E-state index in [0.29, 0.717) is 0 Å². The lowest BCUT2D eigenvalue weighted by Gasteiger charge is -2.11. The van der Waals surface area contributed by atoms with Crippen molar-refractivity contribution in [2.75, 3.05) is 0 Å². The Morgan fingerprint density at radius 3 is 1.86 bits per heavy atom. The SMILES string of the molecule is c1ccc(-c2cc(-c3ccccc3)nc(-c3cccc4sc5ccc(-n6c7ccccc7c7ccc8c9ccccc9sc8c76)cc5c34)n2)cc1. The lowest BCUT2D eigenvalue weighted by atomic mass is 10.0. The molecule has 0 atom stereocenters. The van der Waals surface area contributed by atoms with Crippen molar-refractivity contribution in [3.8, 4) is 39.6 Å². The molecular formula is C46H27N3S2. The van der Waals surface area contributed by atoms with Crippen LogP contribution >= 0.6 is 22.7 Å². The molecule has 0 saturated heterocycles. The summed E-state index contributed by atoms with van der Waals surface area (Å²) in [5, 5.41) is 7.57. The van der Waals surface area contributed by atoms with Crippen LogP contribution in [0.25, 0.3) is 102 Å². The highest BCUT2D eigenvalue weighted by atomic mass is 32.1. The molecule has 3 nitrogen and oxygen atoms in total. The van der Waals surface area contributed by atoms with Crippen LogP contribution in [0.3, 0.4) is 0 Å². The van der Waals surface area contributed by atoms with Gasteiger partial charge in [0.1, 0.15) is 0 Å². The van der Waals surface area contributed by atoms with E-state index in [-0.39, 0.29) is 0 Å². The quantitative estimate of drug-likeness (QED) is 0.185. The summed E-state index contributed by atoms with van der Waals surface area (Å²) < 4.78 is 7.59. The highest BCUT2D eigenvalue weighted by Gasteiger charge is 2.20. The first-order chi connectivity index (χ1) is 25.3. The van der Waals surface area contributed by atoms with E-state index in [1.54, 1.807) is 0 Å². The predicted molar refractivity (Wildman–Crippen MR) is 218 cm³/mol. The molecule has 51 heavy (non-hydrogen) atoms. The summed E-state index contributed by atoms with van der Waals surface area (Å²) in [6, 6.07) is 58.6. The number of rotatable bonds is 4. The molecule has 0 aliphatic carbocycles. The fourth-order valence-electron chi connectivity index (χ4n) is 7.72. The summed E-state index contributed by atoms with van der Waals surface area (Å²) in [4.78, 5) is 10.5. The van der Waals surface area contributed by atoms with Gasteiger partial charge >= 0.3 is 0 Å². The Labute approximate surface area is 301 Å². The average Bonchev–Trinajstić information content (AvgIpc) is 3.88. The monoisotopic (exact) mass is 685 g/mol. The Hall–Kier alpha value is -6.14. The van der Waals surface area contributed by atoms with E-state index >= 15 is 0 Å². The van der Waals surface area contributed by atoms with E-state index in [1.807, 2.05) is 34.8 Å². The van der Waals surface area contributed by atoms with E-state index in [9.17, 15) is 0 Å². The Kier molecular flexibility index (Phi) is 6.29. The maximum Gasteiger partial charge on any atom is 0.161 e. The Balaban J connectivity index is 1.19. The number of para-hydroxylation sites is 1. The molecule has 238 valence electrons. The van der Waals surface area contributed by atoms with E-state index in [2.05, 4.69) is 156 Å². The minimum atomic E-state index is 0.731. The first-order valence-electron chi connectivity index (χ1n) is 17.1. The second kappa shape index (κ2) is 11.2. The summed E-state index contributed by atoms with van der Waals surface area (Å²) in [6.07, 6.45) is 0. The number of hydrogen-bond acceptors (Lipinski definition) is 4. The third kappa shape index (κ3) is 4.42. The topological polar surface area (TPSA) is 30.7 Å². The first-order valence-corrected chi connectivity index (χ1v) is 18.7. The zero-order valence-corrected chi connectivity index (χ0v) is 28.9. The molecule has 0 aliphatic rings. The van der Waals surface area contributed by atoms with Gasteiger partial charge in [0.15, 0.2) is 5.82 Å². The average molecular weight is 686 g/mol. The van der Waals surface area contributed by atoms with Gasteiger partial charge in [0.25, 0.3) is 0 Å². The van der Waals surface area contributed by atoms with Gasteiger partial charge in [0.05, 0.1) is 27.1 Å². The van der Waals surface area contributed by atoms with Crippen LogP contribution in [0.4, 0.5) is 0 Å². The molecule has 0 N–H and O–H groups in total. The zero-order valence-electron chi connectivity index (χ0n) is 27.2. The van der Waals surface area contributed by atoms with Gasteiger partial charge in [-0.3, -0.25) is 0 Å². The van der Waals surface area contributed by atoms with Crippen molar-refractivity contribution in [1.82, 2.24) is 14.5 Å². The summed E-state index contributed by atoms with van der Waals surface area (Å²) >= 11 is 3.71. The van der Waals surface area contributed by atoms with E-state index in [1.165, 1.54) is 62.2 Å². The molecule has 0 fully saturated rings. The summed E-state index contributed by atoms with van der Waals surface area (Å²) in [7, 11) is 0. The van der Waals surface area contributed by atoms with Crippen LogP contribution in [0.1, 0.15) is 0 Å². The molecule has 11 aromatic rings. The normalized spacial score (nSPS) is 11.9. The molecule has 0 aliphatic heterocycles. The molecule has 0 amide bonds. The number of aromatic nitrogens is 3. The predicted octanol–water partition coefficient (Wildman–Crippen LogP) is 13.3. The first kappa shape index (κ1) is 28.7. The van der Waals surface area contributed by atoms with Crippen molar-refractivity contribution in [1.29, 1.82) is 0 Å². The zero-order chi connectivity index (χ0) is 33.5. The Morgan fingerprint density at radius 1 is 0.431 bits per heavy atom. The molecule has 0 unspecified atom stereocenters. The molecule has 5 heteroatoms. The van der Waals surface area contributed by atoms with Crippen LogP contribution in [0.2, 0.25) is 0 Å². The van der Waals surface area contributed by atoms with Gasteiger partial charge in [0.2, 0.25) is 0 Å². The van der Waals surface area contributed by atoms with Crippen molar-refractivity contribution in [2.45, 2.75) is 0 Å². The minimum Gasteiger partial charge on any atom is -0.308 e. The molecule has 0 bridgehead atoms. The van der Waals surface area contributed by atoms with Crippen molar-refractivity contribution in [3.05, 3.63) is 164 Å². The second-order valence-corrected chi connectivity index (χ2v) is 15.1. The number of hydrogen-bond donors (Lipinski definition) is 0. The largest absolute Gasteiger partial charge is 0.308 e. The van der Waals surface area contributed by atoms with Crippen LogP contribution in [-0.4, -0.2) is 14.5 Å². The van der Waals surface area contributed by atoms with Gasteiger partial charge in [-0.1, -0.05) is 121 Å². The minimum absolute atomic E-state index is 0.731. The second-order valence-electron chi connectivity index (χ2n) is 12.9. The van der Waals surface area contributed by atoms with E-state index in [0.717, 1.165) is 39.6 Å². The number of nitrogens with zero attached hydrogens (tertiary/aromatic N) is 3. The van der Waals surface area contributed by atoms with Crippen molar-refractivity contribution < 1.29 is 0 Å². The summed E-state index contributed by atoms with van der Waals surface area (Å²) in [6.45, 7) is 0. The highest BCUT2D eigenvalue weighted by Crippen LogP contribution is 2.45. The highest BCUT2D eigenvalue weighted by molar-refractivity contribution is 7.26. The van der Waals surface area contributed by atoms with Gasteiger partial charge in [-0.25, -0.2) is 9.97 Å². The van der Waals surface area contributed by atoms with Gasteiger partial charge in [-0.2, -0.15) is 0 Å². The number of fused-ring (bicyclic) bond motifs is 10. The standard InChI is InChI=1S/C46H27N3S2/c1-3-12-28(13-4-1)37-27-38(29-14-5-2-6-15-29)48-46(47-37)35-18-11-21-42-43(35)36-26-30(22-25-41(36)50-42)49-39-19-9-7-16-31(39)33-23-24-34-32-17-8-10-20-40(32)51-45(34)44(33)49/h1-27H. The van der Waals surface area contributed by atoms with Gasteiger partial charge < -0.3 is 4.57 Å².